The van der Waals surface area contributed by atoms with Gasteiger partial charge in [-0.3, -0.25) is 4.68 Å². The maximum absolute atomic E-state index is 13.6. The number of ether oxygens (including phenoxy) is 1. The average molecular weight is 345 g/mol. The summed E-state index contributed by atoms with van der Waals surface area (Å²) in [5.74, 6) is -2.03. The van der Waals surface area contributed by atoms with Crippen LogP contribution in [0.25, 0.3) is 0 Å². The molecular formula is C14H15BrF2N2O. The van der Waals surface area contributed by atoms with Crippen LogP contribution in [0.4, 0.5) is 8.78 Å². The minimum atomic E-state index is -0.980. The zero-order chi connectivity index (χ0) is 14.7. The van der Waals surface area contributed by atoms with Crippen LogP contribution >= 0.6 is 15.9 Å². The lowest BCUT2D eigenvalue weighted by molar-refractivity contribution is 0.273. The predicted octanol–water partition coefficient (Wildman–Crippen LogP) is 4.09. The van der Waals surface area contributed by atoms with Gasteiger partial charge in [0.15, 0.2) is 11.6 Å². The molecule has 2 rings (SSSR count). The van der Waals surface area contributed by atoms with E-state index in [1.807, 2.05) is 19.9 Å². The lowest BCUT2D eigenvalue weighted by Gasteiger charge is -2.09. The molecule has 0 atom stereocenters. The van der Waals surface area contributed by atoms with Gasteiger partial charge >= 0.3 is 0 Å². The van der Waals surface area contributed by atoms with Gasteiger partial charge in [-0.25, -0.2) is 4.39 Å². The highest BCUT2D eigenvalue weighted by atomic mass is 79.9. The van der Waals surface area contributed by atoms with E-state index in [1.165, 1.54) is 6.07 Å². The summed E-state index contributed by atoms with van der Waals surface area (Å²) >= 11 is 3.11. The van der Waals surface area contributed by atoms with Crippen molar-refractivity contribution in [3.8, 4) is 5.75 Å². The van der Waals surface area contributed by atoms with Crippen molar-refractivity contribution in [1.82, 2.24) is 9.78 Å². The second-order valence-corrected chi connectivity index (χ2v) is 5.20. The van der Waals surface area contributed by atoms with E-state index < -0.39 is 11.6 Å². The zero-order valence-electron chi connectivity index (χ0n) is 11.3. The van der Waals surface area contributed by atoms with Gasteiger partial charge in [0.25, 0.3) is 0 Å². The minimum absolute atomic E-state index is 0.112. The fraction of sp³-hybridized carbons (Fsp3) is 0.357. The molecule has 3 nitrogen and oxygen atoms in total. The molecule has 0 aliphatic carbocycles. The number of rotatable bonds is 5. The molecule has 0 saturated carbocycles. The van der Waals surface area contributed by atoms with Crippen LogP contribution in [0, 0.1) is 11.6 Å². The third kappa shape index (κ3) is 3.17. The Morgan fingerprint density at radius 2 is 2.00 bits per heavy atom. The molecule has 0 aliphatic rings. The summed E-state index contributed by atoms with van der Waals surface area (Å²) in [7, 11) is 0. The molecule has 0 unspecified atom stereocenters. The van der Waals surface area contributed by atoms with Crippen LogP contribution in [-0.4, -0.2) is 9.78 Å². The summed E-state index contributed by atoms with van der Waals surface area (Å²) in [6.45, 7) is 4.83. The van der Waals surface area contributed by atoms with Crippen LogP contribution in [0.2, 0.25) is 0 Å². The van der Waals surface area contributed by atoms with E-state index in [0.717, 1.165) is 23.9 Å². The third-order valence-electron chi connectivity index (χ3n) is 2.91. The Morgan fingerprint density at radius 1 is 1.25 bits per heavy atom. The number of nitrogens with zero attached hydrogens (tertiary/aromatic N) is 2. The highest BCUT2D eigenvalue weighted by Crippen LogP contribution is 2.26. The summed E-state index contributed by atoms with van der Waals surface area (Å²) in [6.07, 6.45) is 0.819. The Labute approximate surface area is 124 Å². The van der Waals surface area contributed by atoms with Gasteiger partial charge in [0.1, 0.15) is 6.61 Å². The monoisotopic (exact) mass is 344 g/mol. The largest absolute Gasteiger partial charge is 0.484 e. The van der Waals surface area contributed by atoms with Crippen molar-refractivity contribution in [2.24, 2.45) is 0 Å². The van der Waals surface area contributed by atoms with Gasteiger partial charge in [0.2, 0.25) is 5.82 Å². The Bertz CT molecular complexity index is 613. The minimum Gasteiger partial charge on any atom is -0.484 e. The van der Waals surface area contributed by atoms with E-state index in [2.05, 4.69) is 21.0 Å². The fourth-order valence-corrected chi connectivity index (χ4v) is 2.28. The van der Waals surface area contributed by atoms with E-state index in [9.17, 15) is 8.78 Å². The van der Waals surface area contributed by atoms with Crippen molar-refractivity contribution in [3.05, 3.63) is 45.7 Å². The van der Waals surface area contributed by atoms with Crippen molar-refractivity contribution < 1.29 is 13.5 Å². The number of hydrogen-bond acceptors (Lipinski definition) is 2. The molecule has 0 bridgehead atoms. The fourth-order valence-electron chi connectivity index (χ4n) is 1.87. The summed E-state index contributed by atoms with van der Waals surface area (Å²) in [6, 6.07) is 4.38. The van der Waals surface area contributed by atoms with Crippen LogP contribution in [0.1, 0.15) is 25.2 Å². The molecule has 0 radical (unpaired) electrons. The SMILES string of the molecule is CCc1cc(COc2cc(Br)cc(F)c2F)n(CC)n1. The number of hydrogen-bond donors (Lipinski definition) is 0. The van der Waals surface area contributed by atoms with Gasteiger partial charge in [0.05, 0.1) is 11.4 Å². The molecular weight excluding hydrogens is 330 g/mol. The number of aromatic nitrogens is 2. The van der Waals surface area contributed by atoms with Crippen molar-refractivity contribution in [2.75, 3.05) is 0 Å². The second kappa shape index (κ2) is 6.35. The Balaban J connectivity index is 2.18. The van der Waals surface area contributed by atoms with Crippen LogP contribution in [0.5, 0.6) is 5.75 Å². The van der Waals surface area contributed by atoms with E-state index in [4.69, 9.17) is 4.74 Å². The number of aryl methyl sites for hydroxylation is 2. The maximum Gasteiger partial charge on any atom is 0.200 e. The Hall–Kier alpha value is -1.43. The molecule has 108 valence electrons. The van der Waals surface area contributed by atoms with Gasteiger partial charge in [-0.2, -0.15) is 9.49 Å². The Morgan fingerprint density at radius 3 is 2.65 bits per heavy atom. The molecule has 20 heavy (non-hydrogen) atoms. The van der Waals surface area contributed by atoms with Crippen molar-refractivity contribution in [2.45, 2.75) is 33.4 Å². The molecule has 6 heteroatoms. The third-order valence-corrected chi connectivity index (χ3v) is 3.37. The predicted molar refractivity (Wildman–Crippen MR) is 75.7 cm³/mol. The van der Waals surface area contributed by atoms with E-state index in [1.54, 1.807) is 4.68 Å². The molecule has 1 aromatic heterocycles. The molecule has 0 saturated heterocycles. The summed E-state index contributed by atoms with van der Waals surface area (Å²) in [5, 5.41) is 4.38. The summed E-state index contributed by atoms with van der Waals surface area (Å²) in [4.78, 5) is 0. The first-order valence-corrected chi connectivity index (χ1v) is 7.17. The molecule has 0 N–H and O–H groups in total. The van der Waals surface area contributed by atoms with Crippen molar-refractivity contribution in [1.29, 1.82) is 0 Å². The normalized spacial score (nSPS) is 10.8. The van der Waals surface area contributed by atoms with Gasteiger partial charge in [0, 0.05) is 11.0 Å². The zero-order valence-corrected chi connectivity index (χ0v) is 12.9. The van der Waals surface area contributed by atoms with E-state index in [-0.39, 0.29) is 12.4 Å². The van der Waals surface area contributed by atoms with Crippen LogP contribution in [0.15, 0.2) is 22.7 Å². The quantitative estimate of drug-likeness (QED) is 0.764. The average Bonchev–Trinajstić information content (AvgIpc) is 2.83. The van der Waals surface area contributed by atoms with Gasteiger partial charge < -0.3 is 4.74 Å². The van der Waals surface area contributed by atoms with Crippen molar-refractivity contribution >= 4 is 15.9 Å². The number of halogens is 3. The highest BCUT2D eigenvalue weighted by Gasteiger charge is 2.13. The topological polar surface area (TPSA) is 27.1 Å². The molecule has 0 spiro atoms. The summed E-state index contributed by atoms with van der Waals surface area (Å²) < 4.78 is 34.5. The molecule has 1 aromatic carbocycles. The molecule has 0 aliphatic heterocycles. The van der Waals surface area contributed by atoms with Crippen LogP contribution in [0.3, 0.4) is 0 Å². The Kier molecular flexibility index (Phi) is 4.75. The van der Waals surface area contributed by atoms with Crippen molar-refractivity contribution in [3.63, 3.8) is 0 Å². The molecule has 2 aromatic rings. The highest BCUT2D eigenvalue weighted by molar-refractivity contribution is 9.10. The second-order valence-electron chi connectivity index (χ2n) is 4.28. The lowest BCUT2D eigenvalue weighted by atomic mass is 10.3. The first-order valence-electron chi connectivity index (χ1n) is 6.38. The van der Waals surface area contributed by atoms with Gasteiger partial charge in [-0.1, -0.05) is 22.9 Å². The molecule has 1 heterocycles. The van der Waals surface area contributed by atoms with E-state index >= 15 is 0 Å². The van der Waals surface area contributed by atoms with E-state index in [0.29, 0.717) is 11.0 Å². The van der Waals surface area contributed by atoms with Gasteiger partial charge in [-0.05, 0) is 31.5 Å². The lowest BCUT2D eigenvalue weighted by Crippen LogP contribution is -2.07. The number of benzene rings is 1. The molecule has 0 amide bonds. The first-order chi connectivity index (χ1) is 9.55. The van der Waals surface area contributed by atoms with Crippen LogP contribution in [-0.2, 0) is 19.6 Å². The first kappa shape index (κ1) is 15.0. The van der Waals surface area contributed by atoms with Gasteiger partial charge in [-0.15, -0.1) is 0 Å². The van der Waals surface area contributed by atoms with Crippen LogP contribution < -0.4 is 4.74 Å². The summed E-state index contributed by atoms with van der Waals surface area (Å²) in [5.41, 5.74) is 1.79. The standard InChI is InChI=1S/C14H15BrF2N2O/c1-3-10-7-11(19(4-2)18-10)8-20-13-6-9(15)5-12(16)14(13)17/h5-7H,3-4,8H2,1-2H3. The molecule has 0 fully saturated rings. The smallest absolute Gasteiger partial charge is 0.200 e. The maximum atomic E-state index is 13.6.